The van der Waals surface area contributed by atoms with E-state index in [4.69, 9.17) is 16.7 Å². The highest BCUT2D eigenvalue weighted by molar-refractivity contribution is 7.89. The largest absolute Gasteiger partial charge is 0.392 e. The molecule has 1 fully saturated rings. The van der Waals surface area contributed by atoms with Crippen LogP contribution in [0.2, 0.25) is 5.02 Å². The van der Waals surface area contributed by atoms with Gasteiger partial charge in [-0.05, 0) is 50.7 Å². The van der Waals surface area contributed by atoms with Crippen LogP contribution in [0.15, 0.2) is 23.1 Å². The van der Waals surface area contributed by atoms with Gasteiger partial charge in [0.1, 0.15) is 0 Å². The summed E-state index contributed by atoms with van der Waals surface area (Å²) in [6.07, 6.45) is 1.66. The molecular weight excluding hydrogens is 312 g/mol. The molecule has 0 bridgehead atoms. The van der Waals surface area contributed by atoms with E-state index in [9.17, 15) is 8.42 Å². The molecule has 2 rings (SSSR count). The molecule has 1 aliphatic heterocycles. The summed E-state index contributed by atoms with van der Waals surface area (Å²) in [6.45, 7) is 1.59. The first-order chi connectivity index (χ1) is 9.86. The molecule has 1 aromatic carbocycles. The Kier molecular flexibility index (Phi) is 5.27. The van der Waals surface area contributed by atoms with Gasteiger partial charge in [0, 0.05) is 18.1 Å². The molecule has 0 saturated carbocycles. The first-order valence-corrected chi connectivity index (χ1v) is 8.74. The van der Waals surface area contributed by atoms with Crippen LogP contribution in [-0.4, -0.2) is 56.0 Å². The van der Waals surface area contributed by atoms with Gasteiger partial charge in [0.25, 0.3) is 0 Å². The van der Waals surface area contributed by atoms with Crippen LogP contribution in [-0.2, 0) is 16.6 Å². The van der Waals surface area contributed by atoms with Gasteiger partial charge in [-0.15, -0.1) is 0 Å². The van der Waals surface area contributed by atoms with E-state index < -0.39 is 10.0 Å². The van der Waals surface area contributed by atoms with Crippen molar-refractivity contribution < 1.29 is 13.5 Å². The number of nitrogens with zero attached hydrogens (tertiary/aromatic N) is 2. The van der Waals surface area contributed by atoms with E-state index >= 15 is 0 Å². The predicted molar refractivity (Wildman–Crippen MR) is 82.8 cm³/mol. The van der Waals surface area contributed by atoms with Crippen molar-refractivity contribution in [3.8, 4) is 0 Å². The molecule has 0 amide bonds. The highest BCUT2D eigenvalue weighted by Crippen LogP contribution is 2.26. The van der Waals surface area contributed by atoms with Crippen molar-refractivity contribution in [2.75, 3.05) is 27.2 Å². The minimum atomic E-state index is -3.55. The zero-order valence-electron chi connectivity index (χ0n) is 12.3. The molecule has 21 heavy (non-hydrogen) atoms. The third-order valence-electron chi connectivity index (χ3n) is 4.07. The molecule has 0 unspecified atom stereocenters. The van der Waals surface area contributed by atoms with Crippen LogP contribution in [0.25, 0.3) is 0 Å². The monoisotopic (exact) mass is 332 g/mol. The van der Waals surface area contributed by atoms with Crippen molar-refractivity contribution in [2.24, 2.45) is 0 Å². The molecule has 1 N–H and O–H groups in total. The Labute approximate surface area is 131 Å². The summed E-state index contributed by atoms with van der Waals surface area (Å²) in [7, 11) is 0.109. The van der Waals surface area contributed by atoms with Gasteiger partial charge in [-0.1, -0.05) is 17.7 Å². The summed E-state index contributed by atoms with van der Waals surface area (Å²) in [5, 5.41) is 9.37. The molecule has 0 spiro atoms. The summed E-state index contributed by atoms with van der Waals surface area (Å²) in [5.74, 6) is 0. The number of likely N-dealkylation sites (tertiary alicyclic amines) is 1. The third-order valence-corrected chi connectivity index (χ3v) is 6.33. The molecule has 118 valence electrons. The van der Waals surface area contributed by atoms with Crippen molar-refractivity contribution in [3.05, 3.63) is 28.8 Å². The van der Waals surface area contributed by atoms with Crippen molar-refractivity contribution >= 4 is 21.6 Å². The summed E-state index contributed by atoms with van der Waals surface area (Å²) in [6, 6.07) is 4.48. The maximum Gasteiger partial charge on any atom is 0.243 e. The SMILES string of the molecule is CN1CCC(N(C)S(=O)(=O)c2ccc(CO)c(Cl)c2)CC1. The first kappa shape index (κ1) is 16.7. The van der Waals surface area contributed by atoms with Crippen LogP contribution in [0.1, 0.15) is 18.4 Å². The van der Waals surface area contributed by atoms with Gasteiger partial charge >= 0.3 is 0 Å². The zero-order chi connectivity index (χ0) is 15.6. The lowest BCUT2D eigenvalue weighted by molar-refractivity contribution is 0.197. The molecule has 1 aromatic rings. The molecule has 7 heteroatoms. The highest BCUT2D eigenvalue weighted by Gasteiger charge is 2.30. The summed E-state index contributed by atoms with van der Waals surface area (Å²) in [4.78, 5) is 2.37. The maximum absolute atomic E-state index is 12.7. The van der Waals surface area contributed by atoms with Crippen LogP contribution in [0.5, 0.6) is 0 Å². The molecular formula is C14H21ClN2O3S. The second kappa shape index (κ2) is 6.62. The number of hydrogen-bond acceptors (Lipinski definition) is 4. The van der Waals surface area contributed by atoms with E-state index in [1.165, 1.54) is 16.4 Å². The van der Waals surface area contributed by atoms with Crippen LogP contribution >= 0.6 is 11.6 Å². The lowest BCUT2D eigenvalue weighted by Gasteiger charge is -2.34. The van der Waals surface area contributed by atoms with Gasteiger partial charge in [-0.25, -0.2) is 8.42 Å². The normalized spacial score (nSPS) is 18.3. The van der Waals surface area contributed by atoms with Crippen LogP contribution in [0.4, 0.5) is 0 Å². The molecule has 5 nitrogen and oxygen atoms in total. The standard InChI is InChI=1S/C14H21ClN2O3S/c1-16-7-5-12(6-8-16)17(2)21(19,20)13-4-3-11(10-18)14(15)9-13/h3-4,9,12,18H,5-8,10H2,1-2H3. The third kappa shape index (κ3) is 3.57. The average Bonchev–Trinajstić information content (AvgIpc) is 2.47. The Balaban J connectivity index is 2.22. The topological polar surface area (TPSA) is 60.9 Å². The Bertz CT molecular complexity index is 598. The highest BCUT2D eigenvalue weighted by atomic mass is 35.5. The molecule has 0 radical (unpaired) electrons. The smallest absolute Gasteiger partial charge is 0.243 e. The van der Waals surface area contributed by atoms with E-state index in [-0.39, 0.29) is 22.6 Å². The Morgan fingerprint density at radius 2 is 2.00 bits per heavy atom. The second-order valence-corrected chi connectivity index (χ2v) is 7.87. The van der Waals surface area contributed by atoms with E-state index in [0.717, 1.165) is 25.9 Å². The molecule has 1 saturated heterocycles. The number of hydrogen-bond donors (Lipinski definition) is 1. The Morgan fingerprint density at radius 1 is 1.38 bits per heavy atom. The van der Waals surface area contributed by atoms with Gasteiger partial charge in [0.05, 0.1) is 11.5 Å². The van der Waals surface area contributed by atoms with E-state index in [0.29, 0.717) is 5.56 Å². The van der Waals surface area contributed by atoms with Gasteiger partial charge in [0.15, 0.2) is 0 Å². The van der Waals surface area contributed by atoms with Crippen LogP contribution < -0.4 is 0 Å². The quantitative estimate of drug-likeness (QED) is 0.908. The minimum Gasteiger partial charge on any atom is -0.392 e. The fourth-order valence-electron chi connectivity index (χ4n) is 2.54. The van der Waals surface area contributed by atoms with E-state index in [1.54, 1.807) is 13.1 Å². The summed E-state index contributed by atoms with van der Waals surface area (Å²) >= 11 is 6.00. The van der Waals surface area contributed by atoms with Crippen LogP contribution in [0, 0.1) is 0 Å². The van der Waals surface area contributed by atoms with Gasteiger partial charge in [0.2, 0.25) is 10.0 Å². The fraction of sp³-hybridized carbons (Fsp3) is 0.571. The number of aliphatic hydroxyl groups excluding tert-OH is 1. The maximum atomic E-state index is 12.7. The van der Waals surface area contributed by atoms with Crippen molar-refractivity contribution in [2.45, 2.75) is 30.4 Å². The Morgan fingerprint density at radius 3 is 2.52 bits per heavy atom. The molecule has 0 aromatic heterocycles. The lowest BCUT2D eigenvalue weighted by Crippen LogP contribution is -2.44. The van der Waals surface area contributed by atoms with Crippen molar-refractivity contribution in [1.29, 1.82) is 0 Å². The van der Waals surface area contributed by atoms with Crippen molar-refractivity contribution in [3.63, 3.8) is 0 Å². The van der Waals surface area contributed by atoms with Gasteiger partial charge in [-0.2, -0.15) is 4.31 Å². The zero-order valence-corrected chi connectivity index (χ0v) is 13.9. The number of rotatable bonds is 4. The van der Waals surface area contributed by atoms with E-state index in [2.05, 4.69) is 4.90 Å². The molecule has 1 heterocycles. The minimum absolute atomic E-state index is 0.0162. The number of aliphatic hydroxyl groups is 1. The van der Waals surface area contributed by atoms with Gasteiger partial charge in [-0.3, -0.25) is 0 Å². The fourth-order valence-corrected chi connectivity index (χ4v) is 4.29. The van der Waals surface area contributed by atoms with Crippen molar-refractivity contribution in [1.82, 2.24) is 9.21 Å². The molecule has 0 atom stereocenters. The second-order valence-electron chi connectivity index (χ2n) is 5.47. The number of piperidine rings is 1. The average molecular weight is 333 g/mol. The first-order valence-electron chi connectivity index (χ1n) is 6.92. The number of halogens is 1. The number of sulfonamides is 1. The Hall–Kier alpha value is -0.660. The summed E-state index contributed by atoms with van der Waals surface area (Å²) in [5.41, 5.74) is 0.526. The number of benzene rings is 1. The summed E-state index contributed by atoms with van der Waals surface area (Å²) < 4.78 is 26.8. The van der Waals surface area contributed by atoms with E-state index in [1.807, 2.05) is 7.05 Å². The predicted octanol–water partition coefficient (Wildman–Crippen LogP) is 1.55. The molecule has 1 aliphatic rings. The molecule has 0 aliphatic carbocycles. The van der Waals surface area contributed by atoms with Gasteiger partial charge < -0.3 is 10.0 Å². The lowest BCUT2D eigenvalue weighted by atomic mass is 10.1. The van der Waals surface area contributed by atoms with Crippen LogP contribution in [0.3, 0.4) is 0 Å².